The molecule has 1 aliphatic carbocycles. The second-order valence-corrected chi connectivity index (χ2v) is 8.23. The highest BCUT2D eigenvalue weighted by atomic mass is 32.2. The molecule has 2 aromatic rings. The van der Waals surface area contributed by atoms with Crippen LogP contribution >= 0.6 is 11.8 Å². The van der Waals surface area contributed by atoms with Crippen LogP contribution in [0.2, 0.25) is 0 Å². The van der Waals surface area contributed by atoms with Gasteiger partial charge in [0.1, 0.15) is 0 Å². The van der Waals surface area contributed by atoms with Gasteiger partial charge in [0.05, 0.1) is 10.9 Å². The molecule has 1 aromatic carbocycles. The molecule has 3 rings (SSSR count). The maximum Gasteiger partial charge on any atom is 0.240 e. The molecule has 1 N–H and O–H groups in total. The zero-order valence-electron chi connectivity index (χ0n) is 12.6. The Hall–Kier alpha value is -1.45. The number of hydrogen-bond donors (Lipinski definition) is 1. The Bertz CT molecular complexity index is 727. The lowest BCUT2D eigenvalue weighted by molar-refractivity contribution is 0.423. The first kappa shape index (κ1) is 16.4. The molecule has 0 radical (unpaired) electrons. The number of nitrogens with one attached hydrogen (secondary N) is 1. The van der Waals surface area contributed by atoms with Gasteiger partial charge in [-0.15, -0.1) is 5.10 Å². The number of tetrazole rings is 1. The van der Waals surface area contributed by atoms with E-state index in [1.807, 2.05) is 4.68 Å². The van der Waals surface area contributed by atoms with Crippen molar-refractivity contribution in [1.29, 1.82) is 0 Å². The Balaban J connectivity index is 1.52. The van der Waals surface area contributed by atoms with Crippen molar-refractivity contribution in [2.75, 3.05) is 12.3 Å². The van der Waals surface area contributed by atoms with Crippen LogP contribution in [0.5, 0.6) is 0 Å². The first-order valence-electron chi connectivity index (χ1n) is 7.62. The number of hydrogen-bond acceptors (Lipinski definition) is 6. The van der Waals surface area contributed by atoms with Crippen molar-refractivity contribution < 1.29 is 8.42 Å². The topological polar surface area (TPSA) is 89.8 Å². The predicted octanol–water partition coefficient (Wildman–Crippen LogP) is 1.86. The SMILES string of the molecule is O=S(=O)(NCCSc1nnnn1C1CCCC1)c1ccccc1. The Labute approximate surface area is 139 Å². The monoisotopic (exact) mass is 353 g/mol. The quantitative estimate of drug-likeness (QED) is 0.604. The van der Waals surface area contributed by atoms with E-state index >= 15 is 0 Å². The van der Waals surface area contributed by atoms with Crippen molar-refractivity contribution in [2.45, 2.75) is 41.8 Å². The summed E-state index contributed by atoms with van der Waals surface area (Å²) >= 11 is 1.48. The average Bonchev–Trinajstić information content (AvgIpc) is 3.23. The number of rotatable bonds is 7. The third-order valence-corrected chi connectivity index (χ3v) is 6.22. The van der Waals surface area contributed by atoms with Crippen LogP contribution in [0.1, 0.15) is 31.7 Å². The summed E-state index contributed by atoms with van der Waals surface area (Å²) in [6.45, 7) is 0.333. The number of aromatic nitrogens is 4. The first-order chi connectivity index (χ1) is 11.2. The second-order valence-electron chi connectivity index (χ2n) is 5.40. The van der Waals surface area contributed by atoms with Gasteiger partial charge in [-0.3, -0.25) is 0 Å². The van der Waals surface area contributed by atoms with Gasteiger partial charge in [-0.1, -0.05) is 42.8 Å². The second kappa shape index (κ2) is 7.41. The van der Waals surface area contributed by atoms with Gasteiger partial charge in [0.2, 0.25) is 15.2 Å². The van der Waals surface area contributed by atoms with Crippen LogP contribution in [0.25, 0.3) is 0 Å². The number of nitrogens with zero attached hydrogens (tertiary/aromatic N) is 4. The average molecular weight is 353 g/mol. The molecule has 0 amide bonds. The molecule has 0 aliphatic heterocycles. The van der Waals surface area contributed by atoms with Crippen molar-refractivity contribution in [3.8, 4) is 0 Å². The summed E-state index contributed by atoms with van der Waals surface area (Å²) in [4.78, 5) is 0.279. The third kappa shape index (κ3) is 4.10. The van der Waals surface area contributed by atoms with E-state index in [-0.39, 0.29) is 4.90 Å². The van der Waals surface area contributed by atoms with Crippen LogP contribution in [-0.2, 0) is 10.0 Å². The molecule has 23 heavy (non-hydrogen) atoms. The van der Waals surface area contributed by atoms with Gasteiger partial charge < -0.3 is 0 Å². The number of sulfonamides is 1. The van der Waals surface area contributed by atoms with E-state index < -0.39 is 10.0 Å². The third-order valence-electron chi connectivity index (χ3n) is 3.81. The van der Waals surface area contributed by atoms with E-state index in [1.165, 1.54) is 24.6 Å². The Kier molecular flexibility index (Phi) is 5.29. The van der Waals surface area contributed by atoms with Crippen LogP contribution in [0.4, 0.5) is 0 Å². The molecule has 1 aliphatic rings. The Morgan fingerprint density at radius 2 is 1.96 bits per heavy atom. The highest BCUT2D eigenvalue weighted by Crippen LogP contribution is 2.31. The van der Waals surface area contributed by atoms with Gasteiger partial charge >= 0.3 is 0 Å². The zero-order valence-corrected chi connectivity index (χ0v) is 14.3. The molecule has 9 heteroatoms. The Morgan fingerprint density at radius 1 is 1.22 bits per heavy atom. The highest BCUT2D eigenvalue weighted by molar-refractivity contribution is 7.99. The van der Waals surface area contributed by atoms with Crippen molar-refractivity contribution in [3.63, 3.8) is 0 Å². The molecule has 0 atom stereocenters. The minimum absolute atomic E-state index is 0.279. The first-order valence-corrected chi connectivity index (χ1v) is 10.1. The summed E-state index contributed by atoms with van der Waals surface area (Å²) in [5.74, 6) is 0.582. The lowest BCUT2D eigenvalue weighted by Gasteiger charge is -2.11. The normalized spacial score (nSPS) is 16.0. The standard InChI is InChI=1S/C14H19N5O2S2/c20-23(21,13-8-2-1-3-9-13)15-10-11-22-14-16-17-18-19(14)12-6-4-5-7-12/h1-3,8-9,12,15H,4-7,10-11H2. The molecular formula is C14H19N5O2S2. The lowest BCUT2D eigenvalue weighted by atomic mass is 10.3. The maximum atomic E-state index is 12.1. The van der Waals surface area contributed by atoms with Gasteiger partial charge in [-0.05, 0) is 35.4 Å². The van der Waals surface area contributed by atoms with Crippen molar-refractivity contribution in [2.24, 2.45) is 0 Å². The van der Waals surface area contributed by atoms with E-state index in [0.29, 0.717) is 18.3 Å². The van der Waals surface area contributed by atoms with Gasteiger partial charge in [0.15, 0.2) is 0 Å². The number of benzene rings is 1. The molecule has 0 bridgehead atoms. The van der Waals surface area contributed by atoms with E-state index in [1.54, 1.807) is 30.3 Å². The largest absolute Gasteiger partial charge is 0.240 e. The summed E-state index contributed by atoms with van der Waals surface area (Å²) in [5.41, 5.74) is 0. The van der Waals surface area contributed by atoms with Crippen LogP contribution in [0, 0.1) is 0 Å². The maximum absolute atomic E-state index is 12.1. The van der Waals surface area contributed by atoms with E-state index in [0.717, 1.165) is 18.0 Å². The summed E-state index contributed by atoms with van der Waals surface area (Å²) in [6.07, 6.45) is 4.65. The molecule has 124 valence electrons. The molecule has 0 unspecified atom stereocenters. The molecular weight excluding hydrogens is 334 g/mol. The van der Waals surface area contributed by atoms with Crippen LogP contribution in [0.15, 0.2) is 40.4 Å². The van der Waals surface area contributed by atoms with Crippen molar-refractivity contribution in [1.82, 2.24) is 24.9 Å². The minimum Gasteiger partial charge on any atom is -0.217 e. The zero-order chi connectivity index (χ0) is 16.1. The highest BCUT2D eigenvalue weighted by Gasteiger charge is 2.21. The molecule has 1 saturated carbocycles. The van der Waals surface area contributed by atoms with Crippen molar-refractivity contribution >= 4 is 21.8 Å². The fourth-order valence-corrected chi connectivity index (χ4v) is 4.64. The smallest absolute Gasteiger partial charge is 0.217 e. The summed E-state index contributed by atoms with van der Waals surface area (Å²) in [7, 11) is -3.45. The molecule has 0 saturated heterocycles. The van der Waals surface area contributed by atoms with Gasteiger partial charge in [0, 0.05) is 12.3 Å². The molecule has 7 nitrogen and oxygen atoms in total. The minimum atomic E-state index is -3.45. The van der Waals surface area contributed by atoms with Crippen LogP contribution in [0.3, 0.4) is 0 Å². The molecule has 1 heterocycles. The predicted molar refractivity (Wildman–Crippen MR) is 87.7 cm³/mol. The van der Waals surface area contributed by atoms with Gasteiger partial charge in [-0.25, -0.2) is 17.8 Å². The van der Waals surface area contributed by atoms with Crippen LogP contribution in [-0.4, -0.2) is 40.9 Å². The molecule has 0 spiro atoms. The number of thioether (sulfide) groups is 1. The van der Waals surface area contributed by atoms with Gasteiger partial charge in [-0.2, -0.15) is 0 Å². The fourth-order valence-electron chi connectivity index (χ4n) is 2.66. The van der Waals surface area contributed by atoms with Crippen molar-refractivity contribution in [3.05, 3.63) is 30.3 Å². The molecule has 1 aromatic heterocycles. The van der Waals surface area contributed by atoms with E-state index in [2.05, 4.69) is 20.2 Å². The van der Waals surface area contributed by atoms with E-state index in [9.17, 15) is 8.42 Å². The summed E-state index contributed by atoms with van der Waals surface area (Å²) in [6, 6.07) is 8.75. The van der Waals surface area contributed by atoms with Gasteiger partial charge in [0.25, 0.3) is 0 Å². The fraction of sp³-hybridized carbons (Fsp3) is 0.500. The Morgan fingerprint density at radius 3 is 2.70 bits per heavy atom. The molecule has 1 fully saturated rings. The summed E-state index contributed by atoms with van der Waals surface area (Å²) < 4.78 is 28.7. The van der Waals surface area contributed by atoms with Crippen LogP contribution < -0.4 is 4.72 Å². The summed E-state index contributed by atoms with van der Waals surface area (Å²) in [5, 5.41) is 12.6. The lowest BCUT2D eigenvalue weighted by Crippen LogP contribution is -2.26. The van der Waals surface area contributed by atoms with E-state index in [4.69, 9.17) is 0 Å².